The number of hydrogen-bond donors (Lipinski definition) is 1. The van der Waals surface area contributed by atoms with E-state index < -0.39 is 17.3 Å². The normalized spacial score (nSPS) is 16.2. The van der Waals surface area contributed by atoms with E-state index in [0.29, 0.717) is 34.4 Å². The van der Waals surface area contributed by atoms with Gasteiger partial charge in [0.05, 0.1) is 31.2 Å². The molecule has 1 amide bonds. The van der Waals surface area contributed by atoms with Gasteiger partial charge in [0, 0.05) is 27.8 Å². The van der Waals surface area contributed by atoms with Crippen molar-refractivity contribution < 1.29 is 9.18 Å². The van der Waals surface area contributed by atoms with Crippen LogP contribution >= 0.6 is 15.9 Å². The van der Waals surface area contributed by atoms with Gasteiger partial charge in [-0.1, -0.05) is 57.5 Å². The summed E-state index contributed by atoms with van der Waals surface area (Å²) in [7, 11) is 0. The molecule has 208 valence electrons. The third-order valence-electron chi connectivity index (χ3n) is 7.51. The van der Waals surface area contributed by atoms with Crippen molar-refractivity contribution in [1.29, 1.82) is 0 Å². The summed E-state index contributed by atoms with van der Waals surface area (Å²) in [6.07, 6.45) is 4.08. The van der Waals surface area contributed by atoms with Gasteiger partial charge in [0.25, 0.3) is 5.56 Å². The summed E-state index contributed by atoms with van der Waals surface area (Å²) in [6, 6.07) is 13.4. The van der Waals surface area contributed by atoms with Crippen LogP contribution < -0.4 is 11.2 Å². The van der Waals surface area contributed by atoms with Crippen LogP contribution in [0.25, 0.3) is 0 Å². The monoisotopic (exact) mass is 608 g/mol. The highest BCUT2D eigenvalue weighted by molar-refractivity contribution is 9.10. The third kappa shape index (κ3) is 5.70. The molecule has 4 aromatic rings. The topological polar surface area (TPSA) is 106 Å². The summed E-state index contributed by atoms with van der Waals surface area (Å²) >= 11 is 3.28. The molecule has 40 heavy (non-hydrogen) atoms. The number of H-pyrrole nitrogens is 1. The second kappa shape index (κ2) is 11.7. The molecule has 2 atom stereocenters. The van der Waals surface area contributed by atoms with E-state index in [1.165, 1.54) is 6.07 Å². The molecule has 0 spiro atoms. The molecule has 1 saturated heterocycles. The minimum absolute atomic E-state index is 0.114. The average molecular weight is 610 g/mol. The van der Waals surface area contributed by atoms with Crippen LogP contribution in [0.4, 0.5) is 4.39 Å². The van der Waals surface area contributed by atoms with Gasteiger partial charge in [-0.3, -0.25) is 14.2 Å². The lowest BCUT2D eigenvalue weighted by molar-refractivity contribution is -0.134. The zero-order valence-corrected chi connectivity index (χ0v) is 23.9. The zero-order valence-electron chi connectivity index (χ0n) is 22.3. The van der Waals surface area contributed by atoms with Gasteiger partial charge in [0.15, 0.2) is 0 Å². The van der Waals surface area contributed by atoms with Crippen molar-refractivity contribution in [3.63, 3.8) is 0 Å². The zero-order chi connectivity index (χ0) is 28.4. The Morgan fingerprint density at radius 1 is 1.18 bits per heavy atom. The fourth-order valence-electron chi connectivity index (χ4n) is 5.24. The SMILES string of the molecule is Cc1[nH]c(=O)n(Cc2ccccc2)c(=O)c1CC(=O)N1CCCCC1c1cn([C@H](C)c2ccc(Br)cc2F)nn1. The van der Waals surface area contributed by atoms with E-state index in [9.17, 15) is 18.8 Å². The van der Waals surface area contributed by atoms with Crippen molar-refractivity contribution in [3.8, 4) is 0 Å². The number of carbonyl (C=O) groups is 1. The minimum Gasteiger partial charge on any atom is -0.334 e. The maximum atomic E-state index is 14.6. The van der Waals surface area contributed by atoms with Gasteiger partial charge < -0.3 is 9.88 Å². The Kier molecular flexibility index (Phi) is 8.11. The van der Waals surface area contributed by atoms with E-state index >= 15 is 0 Å². The number of likely N-dealkylation sites (tertiary alicyclic amines) is 1. The van der Waals surface area contributed by atoms with Gasteiger partial charge in [-0.2, -0.15) is 0 Å². The highest BCUT2D eigenvalue weighted by atomic mass is 79.9. The first-order valence-corrected chi connectivity index (χ1v) is 14.0. The number of aromatic amines is 1. The van der Waals surface area contributed by atoms with E-state index in [-0.39, 0.29) is 36.3 Å². The molecule has 11 heteroatoms. The predicted octanol–water partition coefficient (Wildman–Crippen LogP) is 4.29. The van der Waals surface area contributed by atoms with Crippen molar-refractivity contribution in [1.82, 2.24) is 29.4 Å². The van der Waals surface area contributed by atoms with Gasteiger partial charge in [-0.05, 0) is 50.8 Å². The molecule has 1 N–H and O–H groups in total. The number of halogens is 2. The quantitative estimate of drug-likeness (QED) is 0.337. The number of aryl methyl sites for hydroxylation is 1. The number of hydrogen-bond acceptors (Lipinski definition) is 5. The van der Waals surface area contributed by atoms with Crippen LogP contribution in [-0.2, 0) is 17.8 Å². The molecule has 1 fully saturated rings. The number of nitrogens with zero attached hydrogens (tertiary/aromatic N) is 5. The summed E-state index contributed by atoms with van der Waals surface area (Å²) in [5, 5.41) is 8.61. The summed E-state index contributed by atoms with van der Waals surface area (Å²) in [5.41, 5.74) is 1.60. The number of amides is 1. The van der Waals surface area contributed by atoms with Gasteiger partial charge >= 0.3 is 5.69 Å². The van der Waals surface area contributed by atoms with E-state index in [4.69, 9.17) is 0 Å². The molecule has 1 aliphatic heterocycles. The number of aromatic nitrogens is 5. The molecule has 0 radical (unpaired) electrons. The predicted molar refractivity (Wildman–Crippen MR) is 152 cm³/mol. The molecule has 9 nitrogen and oxygen atoms in total. The number of carbonyl (C=O) groups excluding carboxylic acids is 1. The molecule has 5 rings (SSSR count). The van der Waals surface area contributed by atoms with Crippen molar-refractivity contribution in [2.45, 2.75) is 58.2 Å². The van der Waals surface area contributed by atoms with Crippen molar-refractivity contribution in [2.75, 3.05) is 6.54 Å². The average Bonchev–Trinajstić information content (AvgIpc) is 3.44. The molecule has 2 aromatic heterocycles. The number of piperidine rings is 1. The Balaban J connectivity index is 1.38. The second-order valence-electron chi connectivity index (χ2n) is 10.2. The Morgan fingerprint density at radius 2 is 1.95 bits per heavy atom. The smallest absolute Gasteiger partial charge is 0.328 e. The molecule has 0 saturated carbocycles. The van der Waals surface area contributed by atoms with E-state index in [1.54, 1.807) is 34.8 Å². The number of benzene rings is 2. The largest absolute Gasteiger partial charge is 0.334 e. The summed E-state index contributed by atoms with van der Waals surface area (Å²) in [6.45, 7) is 4.12. The van der Waals surface area contributed by atoms with E-state index in [2.05, 4.69) is 31.2 Å². The summed E-state index contributed by atoms with van der Waals surface area (Å²) in [4.78, 5) is 44.1. The lowest BCUT2D eigenvalue weighted by Gasteiger charge is -2.34. The molecule has 0 bridgehead atoms. The Morgan fingerprint density at radius 3 is 2.70 bits per heavy atom. The second-order valence-corrected chi connectivity index (χ2v) is 11.1. The van der Waals surface area contributed by atoms with Crippen LogP contribution in [0.1, 0.15) is 66.3 Å². The van der Waals surface area contributed by atoms with Crippen LogP contribution in [0.5, 0.6) is 0 Å². The minimum atomic E-state index is -0.508. The van der Waals surface area contributed by atoms with Gasteiger partial charge in [0.2, 0.25) is 5.91 Å². The highest BCUT2D eigenvalue weighted by Crippen LogP contribution is 2.31. The standard InChI is InChI=1S/C29H30BrFN6O3/c1-18-23(28(39)36(29(40)32-18)16-20-8-4-3-5-9-20)15-27(38)35-13-7-6-10-26(35)25-17-37(34-33-25)19(2)22-12-11-21(30)14-24(22)31/h3-5,8-9,11-12,14,17,19,26H,6-7,10,13,15-16H2,1-2H3,(H,32,40)/t19-,26?/m1/s1. The summed E-state index contributed by atoms with van der Waals surface area (Å²) in [5.74, 6) is -0.563. The fourth-order valence-corrected chi connectivity index (χ4v) is 5.58. The molecule has 1 unspecified atom stereocenters. The Bertz CT molecular complexity index is 1650. The third-order valence-corrected chi connectivity index (χ3v) is 8.00. The number of rotatable bonds is 7. The first kappa shape index (κ1) is 27.7. The maximum Gasteiger partial charge on any atom is 0.328 e. The van der Waals surface area contributed by atoms with Crippen molar-refractivity contribution in [3.05, 3.63) is 114 Å². The van der Waals surface area contributed by atoms with Gasteiger partial charge in [-0.25, -0.2) is 13.9 Å². The lowest BCUT2D eigenvalue weighted by atomic mass is 9.98. The fraction of sp³-hybridized carbons (Fsp3) is 0.345. The highest BCUT2D eigenvalue weighted by Gasteiger charge is 2.31. The van der Waals surface area contributed by atoms with Crippen LogP contribution in [0, 0.1) is 12.7 Å². The Labute approximate surface area is 238 Å². The maximum absolute atomic E-state index is 14.6. The number of nitrogens with one attached hydrogen (secondary N) is 1. The van der Waals surface area contributed by atoms with Crippen LogP contribution in [0.15, 0.2) is 68.8 Å². The van der Waals surface area contributed by atoms with Crippen molar-refractivity contribution in [2.24, 2.45) is 0 Å². The molecule has 3 heterocycles. The van der Waals surface area contributed by atoms with Crippen LogP contribution in [-0.4, -0.2) is 41.9 Å². The van der Waals surface area contributed by atoms with Gasteiger partial charge in [-0.15, -0.1) is 5.10 Å². The molecular weight excluding hydrogens is 579 g/mol. The molecule has 2 aromatic carbocycles. The van der Waals surface area contributed by atoms with Crippen molar-refractivity contribution >= 4 is 21.8 Å². The molecule has 0 aliphatic carbocycles. The first-order chi connectivity index (χ1) is 19.2. The lowest BCUT2D eigenvalue weighted by Crippen LogP contribution is -2.43. The van der Waals surface area contributed by atoms with E-state index in [1.807, 2.05) is 37.3 Å². The van der Waals surface area contributed by atoms with E-state index in [0.717, 1.165) is 23.0 Å². The van der Waals surface area contributed by atoms with Gasteiger partial charge in [0.1, 0.15) is 11.5 Å². The summed E-state index contributed by atoms with van der Waals surface area (Å²) < 4.78 is 18.0. The first-order valence-electron chi connectivity index (χ1n) is 13.3. The Hall–Kier alpha value is -3.86. The van der Waals surface area contributed by atoms with Crippen LogP contribution in [0.3, 0.4) is 0 Å². The molecule has 1 aliphatic rings. The van der Waals surface area contributed by atoms with Crippen LogP contribution in [0.2, 0.25) is 0 Å². The molecular formula is C29H30BrFN6O3.